The predicted octanol–water partition coefficient (Wildman–Crippen LogP) is 3.28. The Bertz CT molecular complexity index is 282. The highest BCUT2D eigenvalue weighted by Crippen LogP contribution is 2.40. The Morgan fingerprint density at radius 3 is 2.86 bits per heavy atom. The molecule has 1 fully saturated rings. The fourth-order valence-corrected chi connectivity index (χ4v) is 2.19. The second-order valence-electron chi connectivity index (χ2n) is 4.24. The van der Waals surface area contributed by atoms with Gasteiger partial charge in [-0.15, -0.1) is 11.6 Å². The number of hydrogen-bond acceptors (Lipinski definition) is 1. The van der Waals surface area contributed by atoms with Crippen molar-refractivity contribution in [3.05, 3.63) is 30.1 Å². The largest absolute Gasteiger partial charge is 0.261 e. The van der Waals surface area contributed by atoms with E-state index in [-0.39, 0.29) is 5.38 Å². The first-order valence-electron chi connectivity index (χ1n) is 5.31. The molecule has 1 saturated carbocycles. The van der Waals surface area contributed by atoms with Crippen LogP contribution < -0.4 is 0 Å². The average Bonchev–Trinajstić information content (AvgIpc) is 3.01. The summed E-state index contributed by atoms with van der Waals surface area (Å²) in [6.07, 6.45) is 5.47. The predicted molar refractivity (Wildman–Crippen MR) is 59.5 cm³/mol. The molecular formula is C12H16ClN. The van der Waals surface area contributed by atoms with Crippen LogP contribution in [0.4, 0.5) is 0 Å². The zero-order valence-electron chi connectivity index (χ0n) is 8.49. The number of nitrogens with zero attached hydrogens (tertiary/aromatic N) is 1. The van der Waals surface area contributed by atoms with Gasteiger partial charge in [0.25, 0.3) is 0 Å². The Balaban J connectivity index is 1.90. The lowest BCUT2D eigenvalue weighted by Gasteiger charge is -2.16. The van der Waals surface area contributed by atoms with Gasteiger partial charge in [-0.05, 0) is 36.8 Å². The summed E-state index contributed by atoms with van der Waals surface area (Å²) in [5.74, 6) is 1.51. The van der Waals surface area contributed by atoms with Crippen molar-refractivity contribution in [3.63, 3.8) is 0 Å². The second kappa shape index (κ2) is 4.31. The van der Waals surface area contributed by atoms with Crippen molar-refractivity contribution in [2.75, 3.05) is 0 Å². The van der Waals surface area contributed by atoms with E-state index in [4.69, 9.17) is 11.6 Å². The van der Waals surface area contributed by atoms with E-state index in [1.807, 2.05) is 18.3 Å². The highest BCUT2D eigenvalue weighted by molar-refractivity contribution is 6.20. The quantitative estimate of drug-likeness (QED) is 0.694. The summed E-state index contributed by atoms with van der Waals surface area (Å²) in [5.41, 5.74) is 1.11. The molecule has 1 heterocycles. The Kier molecular flexibility index (Phi) is 3.07. The SMILES string of the molecule is CC(C(Cl)Cc1ccccn1)C1CC1. The summed E-state index contributed by atoms with van der Waals surface area (Å²) in [4.78, 5) is 4.30. The lowest BCUT2D eigenvalue weighted by Crippen LogP contribution is -2.16. The van der Waals surface area contributed by atoms with E-state index in [1.54, 1.807) is 0 Å². The van der Waals surface area contributed by atoms with E-state index in [0.717, 1.165) is 18.0 Å². The highest BCUT2D eigenvalue weighted by Gasteiger charge is 2.32. The Hall–Kier alpha value is -0.560. The molecule has 1 nitrogen and oxygen atoms in total. The van der Waals surface area contributed by atoms with Crippen molar-refractivity contribution < 1.29 is 0 Å². The summed E-state index contributed by atoms with van der Waals surface area (Å²) < 4.78 is 0. The summed E-state index contributed by atoms with van der Waals surface area (Å²) in [7, 11) is 0. The van der Waals surface area contributed by atoms with Gasteiger partial charge in [-0.25, -0.2) is 0 Å². The third-order valence-corrected chi connectivity index (χ3v) is 3.62. The number of alkyl halides is 1. The number of halogens is 1. The van der Waals surface area contributed by atoms with E-state index in [0.29, 0.717) is 5.92 Å². The van der Waals surface area contributed by atoms with Crippen molar-refractivity contribution in [2.24, 2.45) is 11.8 Å². The first-order valence-corrected chi connectivity index (χ1v) is 5.75. The Morgan fingerprint density at radius 2 is 2.29 bits per heavy atom. The van der Waals surface area contributed by atoms with Gasteiger partial charge in [0, 0.05) is 23.7 Å². The molecule has 2 unspecified atom stereocenters. The van der Waals surface area contributed by atoms with E-state index >= 15 is 0 Å². The molecule has 0 amide bonds. The van der Waals surface area contributed by atoms with E-state index in [9.17, 15) is 0 Å². The lowest BCUT2D eigenvalue weighted by molar-refractivity contribution is 0.476. The molecule has 76 valence electrons. The maximum atomic E-state index is 6.36. The van der Waals surface area contributed by atoms with Gasteiger partial charge in [0.1, 0.15) is 0 Å². The van der Waals surface area contributed by atoms with Gasteiger partial charge in [-0.1, -0.05) is 13.0 Å². The van der Waals surface area contributed by atoms with Crippen LogP contribution in [0.2, 0.25) is 0 Å². The van der Waals surface area contributed by atoms with Crippen LogP contribution in [0.5, 0.6) is 0 Å². The standard InChI is InChI=1S/C12H16ClN/c1-9(10-5-6-10)12(13)8-11-4-2-3-7-14-11/h2-4,7,9-10,12H,5-6,8H2,1H3. The first kappa shape index (κ1) is 9.97. The summed E-state index contributed by atoms with van der Waals surface area (Å²) in [6.45, 7) is 2.26. The second-order valence-corrected chi connectivity index (χ2v) is 4.80. The van der Waals surface area contributed by atoms with Gasteiger partial charge < -0.3 is 0 Å². The molecule has 1 aliphatic rings. The number of rotatable bonds is 4. The maximum absolute atomic E-state index is 6.36. The summed E-state index contributed by atoms with van der Waals surface area (Å²) in [6, 6.07) is 6.01. The molecule has 0 spiro atoms. The van der Waals surface area contributed by atoms with E-state index in [2.05, 4.69) is 18.0 Å². The third kappa shape index (κ3) is 2.48. The summed E-state index contributed by atoms with van der Waals surface area (Å²) in [5, 5.41) is 0.248. The molecular weight excluding hydrogens is 194 g/mol. The molecule has 0 radical (unpaired) electrons. The fraction of sp³-hybridized carbons (Fsp3) is 0.583. The van der Waals surface area contributed by atoms with Gasteiger partial charge in [0.05, 0.1) is 0 Å². The van der Waals surface area contributed by atoms with Gasteiger partial charge in [-0.2, -0.15) is 0 Å². The van der Waals surface area contributed by atoms with Gasteiger partial charge in [0.15, 0.2) is 0 Å². The molecule has 1 aromatic rings. The molecule has 0 aromatic carbocycles. The van der Waals surface area contributed by atoms with E-state index in [1.165, 1.54) is 12.8 Å². The molecule has 2 heteroatoms. The highest BCUT2D eigenvalue weighted by atomic mass is 35.5. The minimum absolute atomic E-state index is 0.248. The number of pyridine rings is 1. The van der Waals surface area contributed by atoms with Crippen molar-refractivity contribution in [3.8, 4) is 0 Å². The zero-order valence-corrected chi connectivity index (χ0v) is 9.24. The molecule has 1 aromatic heterocycles. The van der Waals surface area contributed by atoms with Crippen LogP contribution >= 0.6 is 11.6 Å². The molecule has 0 saturated heterocycles. The number of hydrogen-bond donors (Lipinski definition) is 0. The normalized spacial score (nSPS) is 20.4. The zero-order chi connectivity index (χ0) is 9.97. The maximum Gasteiger partial charge on any atom is 0.0419 e. The van der Waals surface area contributed by atoms with Gasteiger partial charge >= 0.3 is 0 Å². The summed E-state index contributed by atoms with van der Waals surface area (Å²) >= 11 is 6.36. The van der Waals surface area contributed by atoms with Crippen LogP contribution in [0.3, 0.4) is 0 Å². The third-order valence-electron chi connectivity index (χ3n) is 3.07. The Morgan fingerprint density at radius 1 is 1.50 bits per heavy atom. The Labute approximate surface area is 90.5 Å². The molecule has 2 atom stereocenters. The molecule has 2 rings (SSSR count). The smallest absolute Gasteiger partial charge is 0.0419 e. The van der Waals surface area contributed by atoms with Crippen molar-refractivity contribution in [1.82, 2.24) is 4.98 Å². The average molecular weight is 210 g/mol. The van der Waals surface area contributed by atoms with E-state index < -0.39 is 0 Å². The lowest BCUT2D eigenvalue weighted by atomic mass is 9.98. The van der Waals surface area contributed by atoms with Gasteiger partial charge in [0.2, 0.25) is 0 Å². The first-order chi connectivity index (χ1) is 6.77. The topological polar surface area (TPSA) is 12.9 Å². The molecule has 1 aliphatic carbocycles. The van der Waals surface area contributed by atoms with Crippen LogP contribution in [-0.2, 0) is 6.42 Å². The van der Waals surface area contributed by atoms with Crippen molar-refractivity contribution in [1.29, 1.82) is 0 Å². The molecule has 0 N–H and O–H groups in total. The van der Waals surface area contributed by atoms with Gasteiger partial charge in [-0.3, -0.25) is 4.98 Å². The molecule has 14 heavy (non-hydrogen) atoms. The van der Waals surface area contributed by atoms with Crippen molar-refractivity contribution in [2.45, 2.75) is 31.6 Å². The van der Waals surface area contributed by atoms with Crippen LogP contribution in [0.1, 0.15) is 25.5 Å². The fourth-order valence-electron chi connectivity index (χ4n) is 1.82. The van der Waals surface area contributed by atoms with Crippen LogP contribution in [0.15, 0.2) is 24.4 Å². The monoisotopic (exact) mass is 209 g/mol. The van der Waals surface area contributed by atoms with Crippen LogP contribution in [-0.4, -0.2) is 10.4 Å². The molecule has 0 bridgehead atoms. The minimum atomic E-state index is 0.248. The van der Waals surface area contributed by atoms with Crippen LogP contribution in [0, 0.1) is 11.8 Å². The minimum Gasteiger partial charge on any atom is -0.261 e. The molecule has 0 aliphatic heterocycles. The number of aromatic nitrogens is 1. The van der Waals surface area contributed by atoms with Crippen LogP contribution in [0.25, 0.3) is 0 Å². The van der Waals surface area contributed by atoms with Crippen molar-refractivity contribution >= 4 is 11.6 Å².